The van der Waals surface area contributed by atoms with Crippen LogP contribution in [0.25, 0.3) is 0 Å². The average Bonchev–Trinajstić information content (AvgIpc) is 1.89. The molecule has 1 atom stereocenters. The lowest BCUT2D eigenvalue weighted by Crippen LogP contribution is -1.81. The van der Waals surface area contributed by atoms with Gasteiger partial charge in [0.15, 0.2) is 0 Å². The van der Waals surface area contributed by atoms with Crippen LogP contribution < -0.4 is 0 Å². The lowest BCUT2D eigenvalue weighted by molar-refractivity contribution is 0.347. The first-order chi connectivity index (χ1) is 4.68. The summed E-state index contributed by atoms with van der Waals surface area (Å²) in [5, 5.41) is 2.04. The van der Waals surface area contributed by atoms with E-state index in [1.165, 1.54) is 0 Å². The van der Waals surface area contributed by atoms with Crippen LogP contribution in [-0.4, -0.2) is 18.0 Å². The van der Waals surface area contributed by atoms with E-state index in [4.69, 9.17) is 4.52 Å². The topological polar surface area (TPSA) is 38.7 Å². The minimum Gasteiger partial charge on any atom is -0.304 e. The molecule has 0 bridgehead atoms. The summed E-state index contributed by atoms with van der Waals surface area (Å²) in [4.78, 5) is 0. The molecule has 0 N–H and O–H groups in total. The summed E-state index contributed by atoms with van der Waals surface area (Å²) in [6.45, 7) is -0.748. The summed E-state index contributed by atoms with van der Waals surface area (Å²) in [5.41, 5.74) is 0. The largest absolute Gasteiger partial charge is 0.380 e. The molecule has 0 aliphatic heterocycles. The Morgan fingerprint density at radius 3 is 2.80 bits per heavy atom. The number of thiocarbonyl (C=S) groups is 1. The summed E-state index contributed by atoms with van der Waals surface area (Å²) in [6, 6.07) is 0. The second-order valence-corrected chi connectivity index (χ2v) is 5.68. The van der Waals surface area contributed by atoms with Crippen LogP contribution >= 0.6 is 30.3 Å². The van der Waals surface area contributed by atoms with Gasteiger partial charge < -0.3 is 4.52 Å². The Labute approximate surface area is 69.5 Å². The van der Waals surface area contributed by atoms with Gasteiger partial charge in [0.2, 0.25) is 0 Å². The molecular formula is C4H8NO2PS2. The van der Waals surface area contributed by atoms with Crippen LogP contribution in [0, 0.1) is 0 Å². The molecule has 0 aromatic heterocycles. The monoisotopic (exact) mass is 197 g/mol. The Morgan fingerprint density at radius 1 is 1.90 bits per heavy atom. The van der Waals surface area contributed by atoms with Crippen molar-refractivity contribution in [1.29, 1.82) is 0 Å². The van der Waals surface area contributed by atoms with Crippen LogP contribution in [-0.2, 0) is 9.09 Å². The van der Waals surface area contributed by atoms with E-state index in [0.29, 0.717) is 6.61 Å². The van der Waals surface area contributed by atoms with E-state index in [9.17, 15) is 4.57 Å². The average molecular weight is 197 g/mol. The van der Waals surface area contributed by atoms with E-state index in [0.717, 1.165) is 11.4 Å². The minimum absolute atomic E-state index is 0.374. The van der Waals surface area contributed by atoms with Gasteiger partial charge in [0, 0.05) is 0 Å². The van der Waals surface area contributed by atoms with Gasteiger partial charge in [-0.2, -0.15) is 0 Å². The maximum atomic E-state index is 11.2. The fourth-order valence-corrected chi connectivity index (χ4v) is 2.48. The Bertz CT molecular complexity index is 190. The highest BCUT2D eigenvalue weighted by molar-refractivity contribution is 8.55. The maximum absolute atomic E-state index is 11.2. The van der Waals surface area contributed by atoms with E-state index in [2.05, 4.69) is 17.0 Å². The molecule has 10 heavy (non-hydrogen) atoms. The quantitative estimate of drug-likeness (QED) is 0.394. The molecule has 0 saturated heterocycles. The number of nitrogens with zero attached hydrogens (tertiary/aromatic N) is 1. The first kappa shape index (κ1) is 10.3. The summed E-state index contributed by atoms with van der Waals surface area (Å²) in [6.07, 6.45) is 1.66. The molecule has 0 heterocycles. The van der Waals surface area contributed by atoms with Crippen LogP contribution in [0.1, 0.15) is 6.92 Å². The van der Waals surface area contributed by atoms with Gasteiger partial charge in [-0.15, -0.1) is 4.76 Å². The summed E-state index contributed by atoms with van der Waals surface area (Å²) < 4.78 is 19.5. The Kier molecular flexibility index (Phi) is 5.22. The summed E-state index contributed by atoms with van der Waals surface area (Å²) in [5.74, 6) is 0. The predicted molar refractivity (Wildman–Crippen MR) is 47.8 cm³/mol. The Hall–Kier alpha value is 0.340. The molecule has 0 spiro atoms. The summed E-state index contributed by atoms with van der Waals surface area (Å²) in [7, 11) is 0. The molecule has 0 radical (unpaired) electrons. The Morgan fingerprint density at radius 2 is 2.50 bits per heavy atom. The molecular weight excluding hydrogens is 189 g/mol. The normalized spacial score (nSPS) is 15.4. The van der Waals surface area contributed by atoms with Crippen LogP contribution in [0.2, 0.25) is 0 Å². The highest BCUT2D eigenvalue weighted by atomic mass is 32.7. The van der Waals surface area contributed by atoms with Crippen LogP contribution in [0.5, 0.6) is 0 Å². The van der Waals surface area contributed by atoms with Crippen molar-refractivity contribution in [3.8, 4) is 0 Å². The van der Waals surface area contributed by atoms with Gasteiger partial charge in [-0.25, -0.2) is 0 Å². The van der Waals surface area contributed by atoms with Crippen molar-refractivity contribution in [2.24, 2.45) is 4.76 Å². The fraction of sp³-hybridized carbons (Fsp3) is 0.750. The van der Waals surface area contributed by atoms with Gasteiger partial charge >= 0.3 is 6.72 Å². The highest BCUT2D eigenvalue weighted by Crippen LogP contribution is 2.59. The molecule has 3 nitrogen and oxygen atoms in total. The van der Waals surface area contributed by atoms with Gasteiger partial charge in [-0.05, 0) is 36.8 Å². The number of isothiocyanates is 1. The van der Waals surface area contributed by atoms with Crippen molar-refractivity contribution in [1.82, 2.24) is 0 Å². The minimum atomic E-state index is -2.87. The molecule has 0 rings (SSSR count). The van der Waals surface area contributed by atoms with Crippen molar-refractivity contribution in [2.75, 3.05) is 12.9 Å². The van der Waals surface area contributed by atoms with Gasteiger partial charge in [0.1, 0.15) is 0 Å². The van der Waals surface area contributed by atoms with Gasteiger partial charge in [-0.3, -0.25) is 4.57 Å². The first-order valence-electron chi connectivity index (χ1n) is 2.58. The molecule has 0 amide bonds. The SMILES string of the molecule is CCOP(=O)(N=C=S)SC. The molecule has 6 heteroatoms. The molecule has 0 aliphatic rings. The molecule has 0 fully saturated rings. The standard InChI is InChI=1S/C4H8NO2PS2/c1-3-7-8(6,10-2)5-4-9/h3H2,1-2H3. The lowest BCUT2D eigenvalue weighted by atomic mass is 10.9. The zero-order chi connectivity index (χ0) is 8.04. The van der Waals surface area contributed by atoms with E-state index < -0.39 is 6.72 Å². The highest BCUT2D eigenvalue weighted by Gasteiger charge is 2.18. The number of hydrogen-bond donors (Lipinski definition) is 0. The predicted octanol–water partition coefficient (Wildman–Crippen LogP) is 2.60. The maximum Gasteiger partial charge on any atom is 0.380 e. The van der Waals surface area contributed by atoms with Crippen molar-refractivity contribution < 1.29 is 9.09 Å². The third-order valence-electron chi connectivity index (χ3n) is 0.686. The zero-order valence-electron chi connectivity index (χ0n) is 5.73. The zero-order valence-corrected chi connectivity index (χ0v) is 8.26. The second kappa shape index (κ2) is 5.05. The molecule has 1 unspecified atom stereocenters. The van der Waals surface area contributed by atoms with Crippen LogP contribution in [0.4, 0.5) is 0 Å². The van der Waals surface area contributed by atoms with E-state index in [1.807, 2.05) is 5.16 Å². The van der Waals surface area contributed by atoms with Crippen LogP contribution in [0.3, 0.4) is 0 Å². The van der Waals surface area contributed by atoms with Gasteiger partial charge in [0.25, 0.3) is 0 Å². The molecule has 0 saturated carbocycles. The Balaban J connectivity index is 4.23. The van der Waals surface area contributed by atoms with E-state index in [1.54, 1.807) is 13.2 Å². The van der Waals surface area contributed by atoms with E-state index in [-0.39, 0.29) is 0 Å². The summed E-state index contributed by atoms with van der Waals surface area (Å²) >= 11 is 5.36. The first-order valence-corrected chi connectivity index (χ1v) is 6.40. The molecule has 0 aromatic rings. The van der Waals surface area contributed by atoms with E-state index >= 15 is 0 Å². The third kappa shape index (κ3) is 3.49. The fourth-order valence-electron chi connectivity index (χ4n) is 0.336. The van der Waals surface area contributed by atoms with Crippen molar-refractivity contribution in [2.45, 2.75) is 6.92 Å². The number of hydrogen-bond acceptors (Lipinski definition) is 4. The third-order valence-corrected chi connectivity index (χ3v) is 4.25. The van der Waals surface area contributed by atoms with Crippen molar-refractivity contribution in [3.63, 3.8) is 0 Å². The van der Waals surface area contributed by atoms with Gasteiger partial charge in [-0.1, -0.05) is 0 Å². The second-order valence-electron chi connectivity index (χ2n) is 1.26. The van der Waals surface area contributed by atoms with Gasteiger partial charge in [0.05, 0.1) is 11.8 Å². The number of rotatable bonds is 4. The molecule has 0 aromatic carbocycles. The molecule has 0 aliphatic carbocycles. The smallest absolute Gasteiger partial charge is 0.304 e. The van der Waals surface area contributed by atoms with Crippen molar-refractivity contribution in [3.05, 3.63) is 0 Å². The van der Waals surface area contributed by atoms with Crippen molar-refractivity contribution >= 4 is 35.5 Å². The molecule has 58 valence electrons. The lowest BCUT2D eigenvalue weighted by Gasteiger charge is -2.05. The van der Waals surface area contributed by atoms with Crippen LogP contribution in [0.15, 0.2) is 4.76 Å².